The molecular formula is C5H9BrNO. The van der Waals surface area contributed by atoms with Crippen molar-refractivity contribution in [3.05, 3.63) is 6.54 Å². The highest BCUT2D eigenvalue weighted by atomic mass is 79.9. The van der Waals surface area contributed by atoms with Gasteiger partial charge in [0.05, 0.1) is 5.33 Å². The maximum absolute atomic E-state index is 10.4. The van der Waals surface area contributed by atoms with Crippen molar-refractivity contribution in [3.63, 3.8) is 0 Å². The van der Waals surface area contributed by atoms with Crippen molar-refractivity contribution < 1.29 is 4.79 Å². The van der Waals surface area contributed by atoms with Crippen LogP contribution in [-0.2, 0) is 4.79 Å². The minimum absolute atomic E-state index is 0.00634. The van der Waals surface area contributed by atoms with Crippen LogP contribution in [-0.4, -0.2) is 11.2 Å². The van der Waals surface area contributed by atoms with E-state index >= 15 is 0 Å². The highest BCUT2D eigenvalue weighted by molar-refractivity contribution is 9.09. The molecule has 0 fully saturated rings. The normalized spacial score (nSPS) is 8.75. The van der Waals surface area contributed by atoms with E-state index in [4.69, 9.17) is 0 Å². The van der Waals surface area contributed by atoms with E-state index in [1.807, 2.05) is 6.92 Å². The monoisotopic (exact) mass is 178 g/mol. The van der Waals surface area contributed by atoms with Crippen LogP contribution in [0.25, 0.3) is 0 Å². The molecule has 0 heterocycles. The molecule has 0 aromatic rings. The summed E-state index contributed by atoms with van der Waals surface area (Å²) < 4.78 is 0. The van der Waals surface area contributed by atoms with Gasteiger partial charge in [-0.15, -0.1) is 0 Å². The smallest absolute Gasteiger partial charge is 0.230 e. The van der Waals surface area contributed by atoms with Crippen LogP contribution in [0.1, 0.15) is 13.3 Å². The van der Waals surface area contributed by atoms with Gasteiger partial charge < -0.3 is 5.32 Å². The molecule has 1 radical (unpaired) electrons. The van der Waals surface area contributed by atoms with Crippen LogP contribution >= 0.6 is 15.9 Å². The lowest BCUT2D eigenvalue weighted by atomic mass is 10.5. The van der Waals surface area contributed by atoms with Gasteiger partial charge in [0.15, 0.2) is 0 Å². The molecule has 0 bridgehead atoms. The molecule has 3 heteroatoms. The Morgan fingerprint density at radius 3 is 2.88 bits per heavy atom. The molecule has 0 saturated carbocycles. The summed E-state index contributed by atoms with van der Waals surface area (Å²) in [5.41, 5.74) is 0. The highest BCUT2D eigenvalue weighted by Crippen LogP contribution is 1.81. The quantitative estimate of drug-likeness (QED) is 0.645. The zero-order valence-corrected chi connectivity index (χ0v) is 6.36. The van der Waals surface area contributed by atoms with E-state index < -0.39 is 0 Å². The zero-order valence-electron chi connectivity index (χ0n) is 4.78. The predicted molar refractivity (Wildman–Crippen MR) is 36.5 cm³/mol. The number of hydrogen-bond donors (Lipinski definition) is 1. The number of nitrogens with one attached hydrogen (secondary N) is 1. The van der Waals surface area contributed by atoms with E-state index in [-0.39, 0.29) is 5.91 Å². The van der Waals surface area contributed by atoms with E-state index in [1.54, 1.807) is 6.54 Å². The number of halogens is 1. The Balaban J connectivity index is 2.99. The van der Waals surface area contributed by atoms with Crippen LogP contribution in [0, 0.1) is 6.54 Å². The van der Waals surface area contributed by atoms with Gasteiger partial charge >= 0.3 is 0 Å². The summed E-state index contributed by atoms with van der Waals surface area (Å²) >= 11 is 3.01. The molecule has 0 aliphatic rings. The molecule has 0 aliphatic carbocycles. The topological polar surface area (TPSA) is 29.1 Å². The summed E-state index contributed by atoms with van der Waals surface area (Å²) in [4.78, 5) is 10.4. The molecule has 0 saturated heterocycles. The van der Waals surface area contributed by atoms with Gasteiger partial charge in [0.25, 0.3) is 0 Å². The third-order valence-electron chi connectivity index (χ3n) is 0.589. The maximum atomic E-state index is 10.4. The number of alkyl halides is 1. The Kier molecular flexibility index (Phi) is 5.06. The second kappa shape index (κ2) is 5.09. The minimum Gasteiger partial charge on any atom is -0.351 e. The fraction of sp³-hybridized carbons (Fsp3) is 0.600. The van der Waals surface area contributed by atoms with Crippen molar-refractivity contribution in [2.24, 2.45) is 0 Å². The van der Waals surface area contributed by atoms with Gasteiger partial charge in [-0.25, -0.2) is 0 Å². The first kappa shape index (κ1) is 7.95. The maximum Gasteiger partial charge on any atom is 0.230 e. The van der Waals surface area contributed by atoms with Crippen molar-refractivity contribution in [2.45, 2.75) is 13.3 Å². The summed E-state index contributed by atoms with van der Waals surface area (Å²) in [6, 6.07) is 0. The molecule has 0 rings (SSSR count). The molecule has 1 amide bonds. The zero-order chi connectivity index (χ0) is 6.41. The summed E-state index contributed by atoms with van der Waals surface area (Å²) in [5.74, 6) is 0.00634. The van der Waals surface area contributed by atoms with Crippen molar-refractivity contribution in [3.8, 4) is 0 Å². The second-order valence-corrected chi connectivity index (χ2v) is 1.87. The number of amides is 1. The first-order valence-corrected chi connectivity index (χ1v) is 3.60. The first-order chi connectivity index (χ1) is 3.81. The Labute approximate surface area is 57.8 Å². The third kappa shape index (κ3) is 4.12. The molecule has 0 aliphatic heterocycles. The van der Waals surface area contributed by atoms with Gasteiger partial charge in [-0.3, -0.25) is 4.79 Å². The van der Waals surface area contributed by atoms with Crippen LogP contribution < -0.4 is 5.32 Å². The average Bonchev–Trinajstić information content (AvgIpc) is 1.83. The van der Waals surface area contributed by atoms with Crippen LogP contribution in [0.3, 0.4) is 0 Å². The molecule has 47 valence electrons. The number of hydrogen-bond acceptors (Lipinski definition) is 1. The molecule has 8 heavy (non-hydrogen) atoms. The van der Waals surface area contributed by atoms with Gasteiger partial charge in [0.1, 0.15) is 0 Å². The van der Waals surface area contributed by atoms with Gasteiger partial charge in [-0.2, -0.15) is 0 Å². The number of carbonyl (C=O) groups is 1. The largest absolute Gasteiger partial charge is 0.351 e. The fourth-order valence-electron chi connectivity index (χ4n) is 0.254. The Morgan fingerprint density at radius 1 is 1.88 bits per heavy atom. The molecule has 0 spiro atoms. The molecule has 0 aromatic carbocycles. The lowest BCUT2D eigenvalue weighted by Crippen LogP contribution is -2.20. The second-order valence-electron chi connectivity index (χ2n) is 1.31. The molecular weight excluding hydrogens is 170 g/mol. The van der Waals surface area contributed by atoms with E-state index in [0.717, 1.165) is 6.42 Å². The van der Waals surface area contributed by atoms with E-state index in [2.05, 4.69) is 21.2 Å². The Morgan fingerprint density at radius 2 is 2.50 bits per heavy atom. The van der Waals surface area contributed by atoms with Gasteiger partial charge in [-0.05, 0) is 6.42 Å². The van der Waals surface area contributed by atoms with Crippen molar-refractivity contribution in [1.29, 1.82) is 0 Å². The molecule has 0 atom stereocenters. The van der Waals surface area contributed by atoms with Crippen molar-refractivity contribution in [2.75, 3.05) is 5.33 Å². The molecule has 1 N–H and O–H groups in total. The summed E-state index contributed by atoms with van der Waals surface area (Å²) in [6.07, 6.45) is 0.874. The molecule has 2 nitrogen and oxygen atoms in total. The van der Waals surface area contributed by atoms with Crippen LogP contribution in [0.5, 0.6) is 0 Å². The van der Waals surface area contributed by atoms with E-state index in [1.165, 1.54) is 0 Å². The summed E-state index contributed by atoms with van der Waals surface area (Å²) in [6.45, 7) is 3.69. The number of carbonyl (C=O) groups excluding carboxylic acids is 1. The fourth-order valence-corrected chi connectivity index (χ4v) is 0.416. The molecule has 0 aromatic heterocycles. The van der Waals surface area contributed by atoms with E-state index in [0.29, 0.717) is 5.33 Å². The standard InChI is InChI=1S/C5H9BrNO/c1-2-3-7-5(8)4-6/h3H,2,4H2,1H3,(H,7,8). The average molecular weight is 179 g/mol. The summed E-state index contributed by atoms with van der Waals surface area (Å²) in [7, 11) is 0. The minimum atomic E-state index is 0.00634. The summed E-state index contributed by atoms with van der Waals surface area (Å²) in [5, 5.41) is 2.95. The van der Waals surface area contributed by atoms with Gasteiger partial charge in [0, 0.05) is 6.54 Å². The SMILES string of the molecule is CC[CH]NC(=O)CBr. The lowest BCUT2D eigenvalue weighted by molar-refractivity contribution is -0.117. The molecule has 0 unspecified atom stereocenters. The first-order valence-electron chi connectivity index (χ1n) is 2.48. The number of rotatable bonds is 3. The van der Waals surface area contributed by atoms with Gasteiger partial charge in [0.2, 0.25) is 5.91 Å². The predicted octanol–water partition coefficient (Wildman–Crippen LogP) is 1.07. The third-order valence-corrected chi connectivity index (χ3v) is 1.10. The van der Waals surface area contributed by atoms with Crippen molar-refractivity contribution in [1.82, 2.24) is 5.32 Å². The highest BCUT2D eigenvalue weighted by Gasteiger charge is 1.92. The van der Waals surface area contributed by atoms with Crippen molar-refractivity contribution >= 4 is 21.8 Å². The van der Waals surface area contributed by atoms with Crippen LogP contribution in [0.4, 0.5) is 0 Å². The Hall–Kier alpha value is -0.0500. The van der Waals surface area contributed by atoms with E-state index in [9.17, 15) is 4.79 Å². The lowest BCUT2D eigenvalue weighted by Gasteiger charge is -1.95. The Bertz CT molecular complexity index is 74.8. The van der Waals surface area contributed by atoms with Gasteiger partial charge in [-0.1, -0.05) is 22.9 Å². The van der Waals surface area contributed by atoms with Crippen LogP contribution in [0.2, 0.25) is 0 Å². The van der Waals surface area contributed by atoms with Crippen LogP contribution in [0.15, 0.2) is 0 Å².